The highest BCUT2D eigenvalue weighted by molar-refractivity contribution is 7.19. The van der Waals surface area contributed by atoms with Gasteiger partial charge >= 0.3 is 0 Å². The highest BCUT2D eigenvalue weighted by Crippen LogP contribution is 2.37. The number of rotatable bonds is 4. The summed E-state index contributed by atoms with van der Waals surface area (Å²) in [6, 6.07) is 14.4. The van der Waals surface area contributed by atoms with Gasteiger partial charge in [-0.25, -0.2) is 0 Å². The largest absolute Gasteiger partial charge is 0.392 e. The number of benzene rings is 1. The fourth-order valence-electron chi connectivity index (χ4n) is 3.65. The van der Waals surface area contributed by atoms with Crippen molar-refractivity contribution < 1.29 is 9.90 Å². The summed E-state index contributed by atoms with van der Waals surface area (Å²) in [4.78, 5) is 16.2. The van der Waals surface area contributed by atoms with Gasteiger partial charge in [0, 0.05) is 10.9 Å². The smallest absolute Gasteiger partial charge is 0.233 e. The second-order valence-corrected chi connectivity index (χ2v) is 8.46. The Hall–Kier alpha value is -1.65. The number of carbonyl (C=O) groups excluding carboxylic acids is 1. The fourth-order valence-corrected chi connectivity index (χ4v) is 4.80. The first-order chi connectivity index (χ1) is 12.0. The molecule has 0 radical (unpaired) electrons. The van der Waals surface area contributed by atoms with Gasteiger partial charge in [-0.2, -0.15) is 0 Å². The molecule has 1 amide bonds. The van der Waals surface area contributed by atoms with Gasteiger partial charge in [0.15, 0.2) is 0 Å². The Labute approximate surface area is 154 Å². The quantitative estimate of drug-likeness (QED) is 0.841. The molecule has 1 aromatic heterocycles. The van der Waals surface area contributed by atoms with Crippen LogP contribution in [0, 0.1) is 11.8 Å². The van der Waals surface area contributed by atoms with E-state index in [1.165, 1.54) is 5.56 Å². The van der Waals surface area contributed by atoms with Crippen LogP contribution in [-0.4, -0.2) is 23.2 Å². The molecule has 3 atom stereocenters. The molecule has 1 N–H and O–H groups in total. The van der Waals surface area contributed by atoms with Crippen LogP contribution in [0.4, 0.5) is 5.00 Å². The van der Waals surface area contributed by atoms with E-state index in [0.29, 0.717) is 5.92 Å². The maximum absolute atomic E-state index is 13.2. The monoisotopic (exact) mass is 357 g/mol. The van der Waals surface area contributed by atoms with Gasteiger partial charge in [0.2, 0.25) is 5.91 Å². The minimum Gasteiger partial charge on any atom is -0.392 e. The number of hydrogen-bond acceptors (Lipinski definition) is 3. The van der Waals surface area contributed by atoms with Gasteiger partial charge in [-0.05, 0) is 56.7 Å². The lowest BCUT2D eigenvalue weighted by molar-refractivity contribution is -0.128. The summed E-state index contributed by atoms with van der Waals surface area (Å²) < 4.78 is 0. The first-order valence-corrected chi connectivity index (χ1v) is 9.95. The summed E-state index contributed by atoms with van der Waals surface area (Å²) in [6.45, 7) is 6.23. The number of hydrogen-bond donors (Lipinski definition) is 1. The molecule has 1 aliphatic carbocycles. The van der Waals surface area contributed by atoms with Crippen LogP contribution < -0.4 is 4.90 Å². The van der Waals surface area contributed by atoms with E-state index in [2.05, 4.69) is 25.1 Å². The topological polar surface area (TPSA) is 40.5 Å². The molecule has 1 fully saturated rings. The molecule has 1 aliphatic rings. The molecule has 0 spiro atoms. The fraction of sp³-hybridized carbons (Fsp3) is 0.476. The van der Waals surface area contributed by atoms with Gasteiger partial charge in [0.25, 0.3) is 0 Å². The zero-order chi connectivity index (χ0) is 18.0. The summed E-state index contributed by atoms with van der Waals surface area (Å²) in [5.41, 5.74) is 1.17. The van der Waals surface area contributed by atoms with E-state index in [1.54, 1.807) is 11.3 Å². The van der Waals surface area contributed by atoms with E-state index in [9.17, 15) is 9.90 Å². The molecule has 0 saturated heterocycles. The van der Waals surface area contributed by atoms with E-state index in [1.807, 2.05) is 43.0 Å². The number of aliphatic hydroxyl groups excluding tert-OH is 1. The lowest BCUT2D eigenvalue weighted by Crippen LogP contribution is -2.46. The Morgan fingerprint density at radius 2 is 1.88 bits per heavy atom. The van der Waals surface area contributed by atoms with E-state index in [4.69, 9.17) is 0 Å². The van der Waals surface area contributed by atoms with E-state index < -0.39 is 6.10 Å². The zero-order valence-electron chi connectivity index (χ0n) is 15.2. The molecular formula is C21H27NO2S. The van der Waals surface area contributed by atoms with Gasteiger partial charge in [0.05, 0.1) is 17.0 Å². The molecule has 0 bridgehead atoms. The number of thiophene rings is 1. The lowest BCUT2D eigenvalue weighted by Gasteiger charge is -2.35. The van der Waals surface area contributed by atoms with Crippen molar-refractivity contribution in [2.45, 2.75) is 52.2 Å². The van der Waals surface area contributed by atoms with Gasteiger partial charge in [0.1, 0.15) is 0 Å². The van der Waals surface area contributed by atoms with Crippen LogP contribution in [0.25, 0.3) is 10.4 Å². The number of amides is 1. The number of anilines is 1. The predicted octanol–water partition coefficient (Wildman–Crippen LogP) is 4.95. The van der Waals surface area contributed by atoms with Gasteiger partial charge in [-0.15, -0.1) is 11.3 Å². The number of carbonyl (C=O) groups is 1. The Morgan fingerprint density at radius 3 is 2.52 bits per heavy atom. The van der Waals surface area contributed by atoms with Gasteiger partial charge in [-0.1, -0.05) is 37.3 Å². The van der Waals surface area contributed by atoms with Crippen LogP contribution in [0.2, 0.25) is 0 Å². The standard InChI is InChI=1S/C21H27NO2S/c1-14(2)22(21(24)17-10-9-15(3)13-18(17)23)20-12-11-19(25-20)16-7-5-4-6-8-16/h4-8,11-12,14-15,17-18,23H,9-10,13H2,1-3H3/t15-,17-,18+/m0/s1. The van der Waals surface area contributed by atoms with Crippen LogP contribution >= 0.6 is 11.3 Å². The molecule has 3 nitrogen and oxygen atoms in total. The summed E-state index contributed by atoms with van der Waals surface area (Å²) in [7, 11) is 0. The van der Waals surface area contributed by atoms with Crippen LogP contribution in [0.3, 0.4) is 0 Å². The van der Waals surface area contributed by atoms with Crippen molar-refractivity contribution in [1.29, 1.82) is 0 Å². The van der Waals surface area contributed by atoms with E-state index in [-0.39, 0.29) is 17.9 Å². The average molecular weight is 358 g/mol. The Morgan fingerprint density at radius 1 is 1.16 bits per heavy atom. The van der Waals surface area contributed by atoms with Crippen LogP contribution in [0.15, 0.2) is 42.5 Å². The van der Waals surface area contributed by atoms with E-state index in [0.717, 1.165) is 29.1 Å². The molecule has 3 rings (SSSR count). The van der Waals surface area contributed by atoms with Crippen molar-refractivity contribution in [1.82, 2.24) is 0 Å². The molecule has 1 aromatic carbocycles. The lowest BCUT2D eigenvalue weighted by atomic mass is 9.80. The Bertz CT molecular complexity index is 710. The molecule has 134 valence electrons. The third kappa shape index (κ3) is 3.96. The summed E-state index contributed by atoms with van der Waals surface area (Å²) >= 11 is 1.64. The first-order valence-electron chi connectivity index (χ1n) is 9.13. The third-order valence-corrected chi connectivity index (χ3v) is 6.17. The SMILES string of the molecule is CC(C)N(C(=O)[C@H]1CC[C@H](C)C[C@H]1O)c1ccc(-c2ccccc2)s1. The number of aliphatic hydroxyl groups is 1. The number of nitrogens with zero attached hydrogens (tertiary/aromatic N) is 1. The molecule has 25 heavy (non-hydrogen) atoms. The average Bonchev–Trinajstić information content (AvgIpc) is 3.05. The van der Waals surface area contributed by atoms with Crippen LogP contribution in [0.1, 0.15) is 40.0 Å². The Kier molecular flexibility index (Phi) is 5.60. The molecule has 1 heterocycles. The predicted molar refractivity (Wildman–Crippen MR) is 105 cm³/mol. The summed E-state index contributed by atoms with van der Waals surface area (Å²) in [5, 5.41) is 11.4. The normalized spacial score (nSPS) is 23.6. The van der Waals surface area contributed by atoms with Crippen molar-refractivity contribution in [3.8, 4) is 10.4 Å². The third-order valence-electron chi connectivity index (χ3n) is 5.04. The van der Waals surface area contributed by atoms with E-state index >= 15 is 0 Å². The molecular weight excluding hydrogens is 330 g/mol. The second-order valence-electron chi connectivity index (χ2n) is 7.40. The van der Waals surface area contributed by atoms with Gasteiger partial charge in [-0.3, -0.25) is 4.79 Å². The summed E-state index contributed by atoms with van der Waals surface area (Å²) in [5.74, 6) is 0.287. The maximum atomic E-state index is 13.2. The van der Waals surface area contributed by atoms with Crippen molar-refractivity contribution in [2.75, 3.05) is 4.90 Å². The van der Waals surface area contributed by atoms with Crippen LogP contribution in [-0.2, 0) is 4.79 Å². The van der Waals surface area contributed by atoms with Crippen molar-refractivity contribution in [3.63, 3.8) is 0 Å². The van der Waals surface area contributed by atoms with Crippen molar-refractivity contribution in [3.05, 3.63) is 42.5 Å². The maximum Gasteiger partial charge on any atom is 0.233 e. The zero-order valence-corrected chi connectivity index (χ0v) is 16.0. The highest BCUT2D eigenvalue weighted by atomic mass is 32.1. The molecule has 0 unspecified atom stereocenters. The highest BCUT2D eigenvalue weighted by Gasteiger charge is 2.36. The first kappa shape index (κ1) is 18.2. The molecule has 1 saturated carbocycles. The minimum absolute atomic E-state index is 0.0656. The Balaban J connectivity index is 1.84. The molecule has 2 aromatic rings. The molecule has 0 aliphatic heterocycles. The van der Waals surface area contributed by atoms with Crippen LogP contribution in [0.5, 0.6) is 0 Å². The van der Waals surface area contributed by atoms with Crippen molar-refractivity contribution >= 4 is 22.2 Å². The second kappa shape index (κ2) is 7.71. The minimum atomic E-state index is -0.522. The van der Waals surface area contributed by atoms with Gasteiger partial charge < -0.3 is 10.0 Å². The molecule has 4 heteroatoms. The van der Waals surface area contributed by atoms with Crippen molar-refractivity contribution in [2.24, 2.45) is 11.8 Å². The summed E-state index contributed by atoms with van der Waals surface area (Å²) in [6.07, 6.45) is 1.99.